The van der Waals surface area contributed by atoms with E-state index in [1.807, 2.05) is 6.07 Å². The highest BCUT2D eigenvalue weighted by molar-refractivity contribution is 5.77. The summed E-state index contributed by atoms with van der Waals surface area (Å²) in [6.45, 7) is 1.34. The largest absolute Gasteiger partial charge is 0.482 e. The fraction of sp³-hybridized carbons (Fsp3) is 0.467. The first-order valence-corrected chi connectivity index (χ1v) is 6.80. The maximum Gasteiger partial charge on any atom is 0.257 e. The van der Waals surface area contributed by atoms with E-state index in [0.717, 1.165) is 25.9 Å². The highest BCUT2D eigenvalue weighted by Gasteiger charge is 2.15. The first-order chi connectivity index (χ1) is 9.79. The molecule has 1 aromatic carbocycles. The Labute approximate surface area is 118 Å². The molecule has 0 saturated carbocycles. The minimum Gasteiger partial charge on any atom is -0.482 e. The van der Waals surface area contributed by atoms with Gasteiger partial charge in [-0.3, -0.25) is 4.79 Å². The summed E-state index contributed by atoms with van der Waals surface area (Å²) in [5.41, 5.74) is 0.430. The molecule has 2 rings (SSSR count). The quantitative estimate of drug-likeness (QED) is 0.855. The number of nitrogens with one attached hydrogen (secondary N) is 1. The van der Waals surface area contributed by atoms with Crippen LogP contribution in [0.25, 0.3) is 0 Å². The lowest BCUT2D eigenvalue weighted by Gasteiger charge is -2.11. The van der Waals surface area contributed by atoms with Crippen molar-refractivity contribution in [2.75, 3.05) is 19.8 Å². The Bertz CT molecular complexity index is 490. The number of ether oxygens (including phenoxy) is 2. The minimum atomic E-state index is -0.185. The molecule has 5 nitrogen and oxygen atoms in total. The van der Waals surface area contributed by atoms with Gasteiger partial charge in [-0.25, -0.2) is 0 Å². The second kappa shape index (κ2) is 7.51. The number of hydrogen-bond donors (Lipinski definition) is 1. The van der Waals surface area contributed by atoms with Gasteiger partial charge in [0.15, 0.2) is 6.61 Å². The highest BCUT2D eigenvalue weighted by atomic mass is 16.5. The number of nitriles is 1. The number of rotatable bonds is 6. The van der Waals surface area contributed by atoms with E-state index in [0.29, 0.717) is 17.9 Å². The fourth-order valence-corrected chi connectivity index (χ4v) is 2.12. The third kappa shape index (κ3) is 4.25. The summed E-state index contributed by atoms with van der Waals surface area (Å²) in [4.78, 5) is 11.6. The maximum atomic E-state index is 11.6. The molecule has 1 unspecified atom stereocenters. The molecular weight excluding hydrogens is 256 g/mol. The average molecular weight is 274 g/mol. The van der Waals surface area contributed by atoms with Crippen LogP contribution in [-0.4, -0.2) is 31.8 Å². The predicted octanol–water partition coefficient (Wildman–Crippen LogP) is 1.62. The SMILES string of the molecule is N#Cc1ccccc1OCC(=O)NCCC1CCCO1. The summed E-state index contributed by atoms with van der Waals surface area (Å²) in [5, 5.41) is 11.7. The van der Waals surface area contributed by atoms with E-state index < -0.39 is 0 Å². The molecule has 0 aromatic heterocycles. The van der Waals surface area contributed by atoms with E-state index in [2.05, 4.69) is 5.32 Å². The average Bonchev–Trinajstić information content (AvgIpc) is 2.98. The lowest BCUT2D eigenvalue weighted by atomic mass is 10.2. The van der Waals surface area contributed by atoms with Gasteiger partial charge in [-0.1, -0.05) is 12.1 Å². The van der Waals surface area contributed by atoms with Crippen molar-refractivity contribution >= 4 is 5.91 Å². The third-order valence-corrected chi connectivity index (χ3v) is 3.18. The molecule has 1 aliphatic heterocycles. The van der Waals surface area contributed by atoms with E-state index in [4.69, 9.17) is 14.7 Å². The van der Waals surface area contributed by atoms with Crippen molar-refractivity contribution in [2.24, 2.45) is 0 Å². The summed E-state index contributed by atoms with van der Waals surface area (Å²) in [5.74, 6) is 0.250. The van der Waals surface area contributed by atoms with Gasteiger partial charge in [0.05, 0.1) is 11.7 Å². The fourth-order valence-electron chi connectivity index (χ4n) is 2.12. The molecule has 1 heterocycles. The monoisotopic (exact) mass is 274 g/mol. The molecule has 1 saturated heterocycles. The molecule has 1 N–H and O–H groups in total. The zero-order valence-corrected chi connectivity index (χ0v) is 11.3. The normalized spacial score (nSPS) is 17.4. The van der Waals surface area contributed by atoms with Gasteiger partial charge in [0.1, 0.15) is 11.8 Å². The molecule has 20 heavy (non-hydrogen) atoms. The molecule has 1 aliphatic rings. The van der Waals surface area contributed by atoms with Crippen LogP contribution in [0.15, 0.2) is 24.3 Å². The summed E-state index contributed by atoms with van der Waals surface area (Å²) in [6.07, 6.45) is 3.28. The Morgan fingerprint density at radius 1 is 1.50 bits per heavy atom. The van der Waals surface area contributed by atoms with E-state index in [9.17, 15) is 4.79 Å². The summed E-state index contributed by atoms with van der Waals surface area (Å²) in [6, 6.07) is 8.89. The number of nitrogens with zero attached hydrogens (tertiary/aromatic N) is 1. The van der Waals surface area contributed by atoms with Crippen LogP contribution in [0.1, 0.15) is 24.8 Å². The van der Waals surface area contributed by atoms with Crippen LogP contribution in [0, 0.1) is 11.3 Å². The molecule has 1 amide bonds. The van der Waals surface area contributed by atoms with Crippen molar-refractivity contribution in [1.82, 2.24) is 5.32 Å². The molecule has 5 heteroatoms. The molecule has 1 atom stereocenters. The molecule has 0 aliphatic carbocycles. The Morgan fingerprint density at radius 3 is 3.10 bits per heavy atom. The predicted molar refractivity (Wildman–Crippen MR) is 73.3 cm³/mol. The van der Waals surface area contributed by atoms with Gasteiger partial charge in [-0.2, -0.15) is 5.26 Å². The smallest absolute Gasteiger partial charge is 0.257 e. The van der Waals surface area contributed by atoms with Crippen molar-refractivity contribution in [2.45, 2.75) is 25.4 Å². The van der Waals surface area contributed by atoms with Crippen molar-refractivity contribution in [3.05, 3.63) is 29.8 Å². The van der Waals surface area contributed by atoms with Crippen LogP contribution in [0.4, 0.5) is 0 Å². The van der Waals surface area contributed by atoms with Crippen LogP contribution in [0.2, 0.25) is 0 Å². The molecule has 1 fully saturated rings. The Hall–Kier alpha value is -2.06. The summed E-state index contributed by atoms with van der Waals surface area (Å²) < 4.78 is 10.8. The Kier molecular flexibility index (Phi) is 5.39. The van der Waals surface area contributed by atoms with Crippen LogP contribution in [0.3, 0.4) is 0 Å². The molecule has 1 aromatic rings. The first kappa shape index (κ1) is 14.4. The third-order valence-electron chi connectivity index (χ3n) is 3.18. The second-order valence-electron chi connectivity index (χ2n) is 4.67. The summed E-state index contributed by atoms with van der Waals surface area (Å²) >= 11 is 0. The van der Waals surface area contributed by atoms with Crippen molar-refractivity contribution in [3.8, 4) is 11.8 Å². The number of benzene rings is 1. The van der Waals surface area contributed by atoms with Crippen molar-refractivity contribution < 1.29 is 14.3 Å². The molecule has 0 spiro atoms. The van der Waals surface area contributed by atoms with Gasteiger partial charge < -0.3 is 14.8 Å². The Morgan fingerprint density at radius 2 is 2.35 bits per heavy atom. The number of hydrogen-bond acceptors (Lipinski definition) is 4. The van der Waals surface area contributed by atoms with Gasteiger partial charge in [0, 0.05) is 13.2 Å². The van der Waals surface area contributed by atoms with E-state index >= 15 is 0 Å². The van der Waals surface area contributed by atoms with Gasteiger partial charge >= 0.3 is 0 Å². The number of carbonyl (C=O) groups excluding carboxylic acids is 1. The number of para-hydroxylation sites is 1. The number of amides is 1. The zero-order chi connectivity index (χ0) is 14.2. The Balaban J connectivity index is 1.68. The summed E-state index contributed by atoms with van der Waals surface area (Å²) in [7, 11) is 0. The standard InChI is InChI=1S/C15H18N2O3/c16-10-12-4-1-2-6-14(12)20-11-15(18)17-8-7-13-5-3-9-19-13/h1-2,4,6,13H,3,5,7-9,11H2,(H,17,18). The van der Waals surface area contributed by atoms with Crippen LogP contribution in [-0.2, 0) is 9.53 Å². The molecule has 0 radical (unpaired) electrons. The second-order valence-corrected chi connectivity index (χ2v) is 4.67. The van der Waals surface area contributed by atoms with Gasteiger partial charge in [-0.15, -0.1) is 0 Å². The maximum absolute atomic E-state index is 11.6. The van der Waals surface area contributed by atoms with Crippen molar-refractivity contribution in [3.63, 3.8) is 0 Å². The van der Waals surface area contributed by atoms with E-state index in [-0.39, 0.29) is 18.6 Å². The molecule has 106 valence electrons. The van der Waals surface area contributed by atoms with Crippen molar-refractivity contribution in [1.29, 1.82) is 5.26 Å². The molecular formula is C15H18N2O3. The minimum absolute atomic E-state index is 0.0791. The van der Waals surface area contributed by atoms with Gasteiger partial charge in [0.25, 0.3) is 5.91 Å². The van der Waals surface area contributed by atoms with Crippen LogP contribution >= 0.6 is 0 Å². The highest BCUT2D eigenvalue weighted by Crippen LogP contribution is 2.16. The number of carbonyl (C=O) groups is 1. The first-order valence-electron chi connectivity index (χ1n) is 6.80. The van der Waals surface area contributed by atoms with Crippen LogP contribution in [0.5, 0.6) is 5.75 Å². The van der Waals surface area contributed by atoms with Crippen LogP contribution < -0.4 is 10.1 Å². The lowest BCUT2D eigenvalue weighted by Crippen LogP contribution is -2.31. The van der Waals surface area contributed by atoms with Gasteiger partial charge in [0.2, 0.25) is 0 Å². The van der Waals surface area contributed by atoms with E-state index in [1.54, 1.807) is 24.3 Å². The van der Waals surface area contributed by atoms with Gasteiger partial charge in [-0.05, 0) is 31.4 Å². The zero-order valence-electron chi connectivity index (χ0n) is 11.3. The lowest BCUT2D eigenvalue weighted by molar-refractivity contribution is -0.123. The van der Waals surface area contributed by atoms with E-state index in [1.165, 1.54) is 0 Å². The topological polar surface area (TPSA) is 71.3 Å². The molecule has 0 bridgehead atoms.